The second-order valence-electron chi connectivity index (χ2n) is 5.08. The summed E-state index contributed by atoms with van der Waals surface area (Å²) in [7, 11) is 0. The van der Waals surface area contributed by atoms with Crippen LogP contribution < -0.4 is 16.6 Å². The summed E-state index contributed by atoms with van der Waals surface area (Å²) in [6.07, 6.45) is 0.498. The number of nitrogens with zero attached hydrogens (tertiary/aromatic N) is 2. The van der Waals surface area contributed by atoms with Crippen LogP contribution >= 0.6 is 0 Å². The Morgan fingerprint density at radius 2 is 2.10 bits per heavy atom. The fraction of sp³-hybridized carbons (Fsp3) is 0.286. The van der Waals surface area contributed by atoms with Crippen molar-refractivity contribution in [2.75, 3.05) is 5.73 Å². The molecule has 0 spiro atoms. The van der Waals surface area contributed by atoms with Gasteiger partial charge in [0.2, 0.25) is 11.8 Å². The lowest BCUT2D eigenvalue weighted by Crippen LogP contribution is -2.45. The lowest BCUT2D eigenvalue weighted by Gasteiger charge is -2.24. The summed E-state index contributed by atoms with van der Waals surface area (Å²) in [5.41, 5.74) is 6.38. The average Bonchev–Trinajstić information content (AvgIpc) is 2.42. The maximum atomic E-state index is 12.6. The first-order valence-corrected chi connectivity index (χ1v) is 6.59. The number of rotatable bonds is 1. The van der Waals surface area contributed by atoms with Crippen molar-refractivity contribution in [3.63, 3.8) is 0 Å². The fourth-order valence-electron chi connectivity index (χ4n) is 2.62. The third-order valence-corrected chi connectivity index (χ3v) is 3.62. The van der Waals surface area contributed by atoms with Crippen molar-refractivity contribution in [2.45, 2.75) is 25.8 Å². The zero-order chi connectivity index (χ0) is 15.1. The van der Waals surface area contributed by atoms with Crippen molar-refractivity contribution in [2.24, 2.45) is 0 Å². The van der Waals surface area contributed by atoms with Crippen molar-refractivity contribution in [1.29, 1.82) is 0 Å². The molecule has 2 amide bonds. The topological polar surface area (TPSA) is 107 Å². The van der Waals surface area contributed by atoms with Gasteiger partial charge in [-0.05, 0) is 31.5 Å². The van der Waals surface area contributed by atoms with E-state index in [0.29, 0.717) is 28.8 Å². The van der Waals surface area contributed by atoms with Gasteiger partial charge in [-0.15, -0.1) is 0 Å². The molecule has 1 saturated heterocycles. The number of piperidine rings is 1. The van der Waals surface area contributed by atoms with Crippen LogP contribution in [0.4, 0.5) is 5.69 Å². The van der Waals surface area contributed by atoms with Crippen molar-refractivity contribution < 1.29 is 9.59 Å². The maximum absolute atomic E-state index is 12.6. The third kappa shape index (κ3) is 2.16. The second-order valence-corrected chi connectivity index (χ2v) is 5.08. The van der Waals surface area contributed by atoms with E-state index in [-0.39, 0.29) is 17.9 Å². The number of nitrogen functional groups attached to an aromatic ring is 1. The van der Waals surface area contributed by atoms with Crippen LogP contribution in [0.1, 0.15) is 24.7 Å². The van der Waals surface area contributed by atoms with Gasteiger partial charge in [0, 0.05) is 12.1 Å². The van der Waals surface area contributed by atoms with Crippen molar-refractivity contribution in [3.05, 3.63) is 34.4 Å². The average molecular weight is 286 g/mol. The highest BCUT2D eigenvalue weighted by Crippen LogP contribution is 2.20. The van der Waals surface area contributed by atoms with E-state index in [2.05, 4.69) is 10.3 Å². The van der Waals surface area contributed by atoms with Crippen LogP contribution in [0.3, 0.4) is 0 Å². The summed E-state index contributed by atoms with van der Waals surface area (Å²) < 4.78 is 1.34. The summed E-state index contributed by atoms with van der Waals surface area (Å²) in [6.45, 7) is 1.67. The Hall–Kier alpha value is -2.70. The van der Waals surface area contributed by atoms with E-state index in [4.69, 9.17) is 5.73 Å². The van der Waals surface area contributed by atoms with Gasteiger partial charge >= 0.3 is 0 Å². The van der Waals surface area contributed by atoms with Crippen LogP contribution in [0.15, 0.2) is 23.0 Å². The fourth-order valence-corrected chi connectivity index (χ4v) is 2.62. The molecule has 1 fully saturated rings. The minimum atomic E-state index is -0.714. The normalized spacial score (nSPS) is 18.8. The number of fused-ring (bicyclic) bond motifs is 1. The zero-order valence-electron chi connectivity index (χ0n) is 11.4. The van der Waals surface area contributed by atoms with Crippen LogP contribution in [0.25, 0.3) is 10.9 Å². The Morgan fingerprint density at radius 1 is 1.33 bits per heavy atom. The highest BCUT2D eigenvalue weighted by atomic mass is 16.2. The zero-order valence-corrected chi connectivity index (χ0v) is 11.4. The van der Waals surface area contributed by atoms with E-state index in [9.17, 15) is 14.4 Å². The molecule has 3 N–H and O–H groups in total. The molecular weight excluding hydrogens is 272 g/mol. The molecule has 2 heterocycles. The lowest BCUT2D eigenvalue weighted by atomic mass is 10.1. The van der Waals surface area contributed by atoms with Gasteiger partial charge in [-0.3, -0.25) is 24.3 Å². The van der Waals surface area contributed by atoms with Crippen LogP contribution in [0, 0.1) is 6.92 Å². The van der Waals surface area contributed by atoms with E-state index in [1.54, 1.807) is 25.1 Å². The molecular formula is C14H14N4O3. The molecule has 0 radical (unpaired) electrons. The largest absolute Gasteiger partial charge is 0.399 e. The maximum Gasteiger partial charge on any atom is 0.262 e. The molecule has 2 aromatic rings. The number of carbonyl (C=O) groups is 2. The van der Waals surface area contributed by atoms with Gasteiger partial charge in [-0.25, -0.2) is 4.98 Å². The Bertz CT molecular complexity index is 825. The lowest BCUT2D eigenvalue weighted by molar-refractivity contribution is -0.135. The van der Waals surface area contributed by atoms with Gasteiger partial charge in [0.1, 0.15) is 11.9 Å². The molecule has 1 unspecified atom stereocenters. The molecule has 0 saturated carbocycles. The van der Waals surface area contributed by atoms with E-state index in [1.165, 1.54) is 4.57 Å². The minimum absolute atomic E-state index is 0.206. The quantitative estimate of drug-likeness (QED) is 0.578. The number of imide groups is 1. The molecule has 108 valence electrons. The highest BCUT2D eigenvalue weighted by molar-refractivity contribution is 5.99. The first-order valence-electron chi connectivity index (χ1n) is 6.59. The Balaban J connectivity index is 2.21. The van der Waals surface area contributed by atoms with E-state index in [1.807, 2.05) is 0 Å². The highest BCUT2D eigenvalue weighted by Gasteiger charge is 2.30. The summed E-state index contributed by atoms with van der Waals surface area (Å²) in [4.78, 5) is 40.2. The number of benzene rings is 1. The standard InChI is InChI=1S/C14H14N4O3/c1-7-16-10-3-2-8(15)6-9(10)14(21)18(7)11-4-5-12(19)17-13(11)20/h2-3,6,11H,4-5,15H2,1H3,(H,17,19,20). The van der Waals surface area contributed by atoms with Crippen molar-refractivity contribution in [1.82, 2.24) is 14.9 Å². The smallest absolute Gasteiger partial charge is 0.262 e. The van der Waals surface area contributed by atoms with Gasteiger partial charge in [-0.2, -0.15) is 0 Å². The van der Waals surface area contributed by atoms with Gasteiger partial charge in [0.05, 0.1) is 10.9 Å². The SMILES string of the molecule is Cc1nc2ccc(N)cc2c(=O)n1C1CCC(=O)NC1=O. The Morgan fingerprint density at radius 3 is 2.81 bits per heavy atom. The molecule has 1 aliphatic heterocycles. The molecule has 21 heavy (non-hydrogen) atoms. The summed E-state index contributed by atoms with van der Waals surface area (Å²) in [5, 5.41) is 2.62. The molecule has 0 aliphatic carbocycles. The summed E-state index contributed by atoms with van der Waals surface area (Å²) in [6, 6.07) is 4.18. The molecule has 1 aromatic carbocycles. The number of amides is 2. The monoisotopic (exact) mass is 286 g/mol. The summed E-state index contributed by atoms with van der Waals surface area (Å²) in [5.74, 6) is -0.354. The molecule has 0 bridgehead atoms. The predicted octanol–water partition coefficient (Wildman–Crippen LogP) is 0.265. The van der Waals surface area contributed by atoms with Crippen molar-refractivity contribution >= 4 is 28.4 Å². The number of aryl methyl sites for hydroxylation is 1. The number of hydrogen-bond donors (Lipinski definition) is 2. The van der Waals surface area contributed by atoms with Crippen LogP contribution in [-0.2, 0) is 9.59 Å². The first-order chi connectivity index (χ1) is 9.97. The van der Waals surface area contributed by atoms with Gasteiger partial charge in [-0.1, -0.05) is 0 Å². The molecule has 1 aromatic heterocycles. The number of aromatic nitrogens is 2. The molecule has 7 nitrogen and oxygen atoms in total. The molecule has 7 heteroatoms. The van der Waals surface area contributed by atoms with Crippen LogP contribution in [0.5, 0.6) is 0 Å². The van der Waals surface area contributed by atoms with Crippen LogP contribution in [0.2, 0.25) is 0 Å². The number of hydrogen-bond acceptors (Lipinski definition) is 5. The predicted molar refractivity (Wildman–Crippen MR) is 76.6 cm³/mol. The van der Waals surface area contributed by atoms with E-state index >= 15 is 0 Å². The van der Waals surface area contributed by atoms with E-state index in [0.717, 1.165) is 0 Å². The number of nitrogens with two attached hydrogens (primary N) is 1. The van der Waals surface area contributed by atoms with E-state index < -0.39 is 11.9 Å². The van der Waals surface area contributed by atoms with Gasteiger partial charge in [0.25, 0.3) is 5.56 Å². The number of anilines is 1. The van der Waals surface area contributed by atoms with Crippen molar-refractivity contribution in [3.8, 4) is 0 Å². The summed E-state index contributed by atoms with van der Waals surface area (Å²) >= 11 is 0. The molecule has 1 aliphatic rings. The van der Waals surface area contributed by atoms with Crippen LogP contribution in [-0.4, -0.2) is 21.4 Å². The Labute approximate surface area is 119 Å². The third-order valence-electron chi connectivity index (χ3n) is 3.62. The van der Waals surface area contributed by atoms with Gasteiger partial charge < -0.3 is 5.73 Å². The Kier molecular flexibility index (Phi) is 2.97. The minimum Gasteiger partial charge on any atom is -0.399 e. The molecule has 3 rings (SSSR count). The number of carbonyl (C=O) groups excluding carboxylic acids is 2. The molecule has 1 atom stereocenters. The van der Waals surface area contributed by atoms with Gasteiger partial charge in [0.15, 0.2) is 0 Å². The first kappa shape index (κ1) is 13.3. The second kappa shape index (κ2) is 4.69. The number of nitrogens with one attached hydrogen (secondary N) is 1.